The van der Waals surface area contributed by atoms with E-state index in [1.54, 1.807) is 12.4 Å². The average Bonchev–Trinajstić information content (AvgIpc) is 3.18. The van der Waals surface area contributed by atoms with Gasteiger partial charge in [0, 0.05) is 24.5 Å². The fourth-order valence-corrected chi connectivity index (χ4v) is 4.48. The van der Waals surface area contributed by atoms with Gasteiger partial charge < -0.3 is 14.4 Å². The standard InChI is InChI=1S/C17H15N3O2S/c1-2-13(7-18-3-1)19-17-20-8-12-6-16-15(21-10-22-16)5-11(12)4-14(20)9-23-17/h1-3,5-7,14H,4,8-10H2/t14-/m1/s1. The fourth-order valence-electron chi connectivity index (χ4n) is 3.29. The van der Waals surface area contributed by atoms with Gasteiger partial charge in [0.15, 0.2) is 16.7 Å². The summed E-state index contributed by atoms with van der Waals surface area (Å²) in [7, 11) is 0. The van der Waals surface area contributed by atoms with Crippen molar-refractivity contribution < 1.29 is 9.47 Å². The Morgan fingerprint density at radius 1 is 1.22 bits per heavy atom. The largest absolute Gasteiger partial charge is 0.454 e. The number of rotatable bonds is 1. The molecule has 6 heteroatoms. The molecule has 1 saturated heterocycles. The van der Waals surface area contributed by atoms with Crippen LogP contribution in [0.15, 0.2) is 41.7 Å². The molecule has 0 amide bonds. The number of amidine groups is 1. The van der Waals surface area contributed by atoms with Gasteiger partial charge in [-0.15, -0.1) is 0 Å². The summed E-state index contributed by atoms with van der Waals surface area (Å²) in [6.45, 7) is 1.21. The summed E-state index contributed by atoms with van der Waals surface area (Å²) < 4.78 is 11.0. The molecule has 23 heavy (non-hydrogen) atoms. The predicted octanol–water partition coefficient (Wildman–Crippen LogP) is 2.97. The van der Waals surface area contributed by atoms with Crippen molar-refractivity contribution in [2.45, 2.75) is 19.0 Å². The Morgan fingerprint density at radius 3 is 2.91 bits per heavy atom. The number of hydrogen-bond donors (Lipinski definition) is 0. The highest BCUT2D eigenvalue weighted by molar-refractivity contribution is 8.14. The van der Waals surface area contributed by atoms with E-state index in [1.165, 1.54) is 11.1 Å². The molecule has 5 nitrogen and oxygen atoms in total. The van der Waals surface area contributed by atoms with E-state index in [0.717, 1.165) is 41.1 Å². The minimum atomic E-state index is 0.328. The lowest BCUT2D eigenvalue weighted by Gasteiger charge is -2.32. The van der Waals surface area contributed by atoms with Gasteiger partial charge in [-0.2, -0.15) is 0 Å². The zero-order valence-electron chi connectivity index (χ0n) is 12.4. The number of pyridine rings is 1. The van der Waals surface area contributed by atoms with Crippen molar-refractivity contribution in [1.29, 1.82) is 0 Å². The summed E-state index contributed by atoms with van der Waals surface area (Å²) >= 11 is 1.83. The minimum Gasteiger partial charge on any atom is -0.454 e. The molecule has 0 bridgehead atoms. The van der Waals surface area contributed by atoms with Crippen LogP contribution in [-0.2, 0) is 13.0 Å². The molecule has 0 spiro atoms. The van der Waals surface area contributed by atoms with Crippen LogP contribution in [0, 0.1) is 0 Å². The van der Waals surface area contributed by atoms with Crippen LogP contribution in [0.2, 0.25) is 0 Å². The number of aromatic nitrogens is 1. The van der Waals surface area contributed by atoms with E-state index in [1.807, 2.05) is 23.9 Å². The molecular formula is C17H15N3O2S. The molecule has 0 unspecified atom stereocenters. The molecule has 0 saturated carbocycles. The lowest BCUT2D eigenvalue weighted by atomic mass is 9.94. The zero-order valence-corrected chi connectivity index (χ0v) is 13.3. The molecule has 0 aliphatic carbocycles. The fraction of sp³-hybridized carbons (Fsp3) is 0.294. The van der Waals surface area contributed by atoms with Crippen LogP contribution >= 0.6 is 11.8 Å². The van der Waals surface area contributed by atoms with Crippen LogP contribution in [0.5, 0.6) is 11.5 Å². The van der Waals surface area contributed by atoms with E-state index in [-0.39, 0.29) is 0 Å². The van der Waals surface area contributed by atoms with Crippen molar-refractivity contribution in [3.63, 3.8) is 0 Å². The predicted molar refractivity (Wildman–Crippen MR) is 89.4 cm³/mol. The highest BCUT2D eigenvalue weighted by Crippen LogP contribution is 2.40. The van der Waals surface area contributed by atoms with Crippen LogP contribution < -0.4 is 9.47 Å². The van der Waals surface area contributed by atoms with Crippen LogP contribution in [0.4, 0.5) is 5.69 Å². The van der Waals surface area contributed by atoms with E-state index >= 15 is 0 Å². The lowest BCUT2D eigenvalue weighted by Crippen LogP contribution is -2.38. The van der Waals surface area contributed by atoms with Crippen LogP contribution in [0.25, 0.3) is 0 Å². The first kappa shape index (κ1) is 13.2. The van der Waals surface area contributed by atoms with Crippen LogP contribution in [0.3, 0.4) is 0 Å². The van der Waals surface area contributed by atoms with Gasteiger partial charge in [0.25, 0.3) is 0 Å². The first-order valence-corrected chi connectivity index (χ1v) is 8.65. The number of benzene rings is 1. The van der Waals surface area contributed by atoms with Gasteiger partial charge in [-0.1, -0.05) is 11.8 Å². The number of fused-ring (bicyclic) bond motifs is 3. The maximum atomic E-state index is 5.51. The number of thioether (sulfide) groups is 1. The van der Waals surface area contributed by atoms with Gasteiger partial charge in [-0.05, 0) is 41.8 Å². The van der Waals surface area contributed by atoms with Crippen LogP contribution in [0.1, 0.15) is 11.1 Å². The topological polar surface area (TPSA) is 47.0 Å². The van der Waals surface area contributed by atoms with Crippen molar-refractivity contribution in [1.82, 2.24) is 9.88 Å². The van der Waals surface area contributed by atoms with Gasteiger partial charge in [0.05, 0.1) is 11.9 Å². The third kappa shape index (κ3) is 2.25. The Hall–Kier alpha value is -2.21. The number of aliphatic imine (C=N–C) groups is 1. The van der Waals surface area contributed by atoms with Gasteiger partial charge in [0.2, 0.25) is 6.79 Å². The second-order valence-electron chi connectivity index (χ2n) is 5.88. The average molecular weight is 325 g/mol. The quantitative estimate of drug-likeness (QED) is 0.807. The minimum absolute atomic E-state index is 0.328. The van der Waals surface area contributed by atoms with E-state index in [9.17, 15) is 0 Å². The number of hydrogen-bond acceptors (Lipinski definition) is 5. The molecule has 4 heterocycles. The first-order valence-electron chi connectivity index (χ1n) is 7.66. The Kier molecular flexibility index (Phi) is 2.97. The van der Waals surface area contributed by atoms with E-state index in [2.05, 4.69) is 22.0 Å². The highest BCUT2D eigenvalue weighted by Gasteiger charge is 2.35. The van der Waals surface area contributed by atoms with Gasteiger partial charge in [0.1, 0.15) is 0 Å². The summed E-state index contributed by atoms with van der Waals surface area (Å²) in [6, 6.07) is 8.68. The number of nitrogens with zero attached hydrogens (tertiary/aromatic N) is 3. The smallest absolute Gasteiger partial charge is 0.231 e. The Balaban J connectivity index is 1.48. The SMILES string of the molecule is c1cncc(N=C2SC[C@H]3Cc4cc5c(cc4CN23)OCO5)c1. The second-order valence-corrected chi connectivity index (χ2v) is 6.86. The summed E-state index contributed by atoms with van der Waals surface area (Å²) in [4.78, 5) is 11.3. The van der Waals surface area contributed by atoms with Gasteiger partial charge >= 0.3 is 0 Å². The van der Waals surface area contributed by atoms with Crippen LogP contribution in [-0.4, -0.2) is 33.6 Å². The Bertz CT molecular complexity index is 794. The molecule has 3 aliphatic heterocycles. The van der Waals surface area contributed by atoms with Gasteiger partial charge in [-0.25, -0.2) is 4.99 Å². The van der Waals surface area contributed by atoms with Crippen molar-refractivity contribution in [3.05, 3.63) is 47.8 Å². The summed E-state index contributed by atoms with van der Waals surface area (Å²) in [5.41, 5.74) is 3.60. The molecule has 5 rings (SSSR count). The monoisotopic (exact) mass is 325 g/mol. The zero-order chi connectivity index (χ0) is 15.2. The number of ether oxygens (including phenoxy) is 2. The maximum absolute atomic E-state index is 5.51. The molecule has 2 aromatic rings. The molecule has 0 radical (unpaired) electrons. The van der Waals surface area contributed by atoms with Crippen molar-refractivity contribution in [3.8, 4) is 11.5 Å². The Morgan fingerprint density at radius 2 is 2.09 bits per heavy atom. The maximum Gasteiger partial charge on any atom is 0.231 e. The molecule has 116 valence electrons. The van der Waals surface area contributed by atoms with E-state index in [0.29, 0.717) is 12.8 Å². The van der Waals surface area contributed by atoms with Crippen molar-refractivity contribution in [2.24, 2.45) is 4.99 Å². The molecule has 1 aromatic carbocycles. The van der Waals surface area contributed by atoms with E-state index < -0.39 is 0 Å². The summed E-state index contributed by atoms with van der Waals surface area (Å²) in [5.74, 6) is 2.82. The summed E-state index contributed by atoms with van der Waals surface area (Å²) in [6.07, 6.45) is 4.61. The third-order valence-corrected chi connectivity index (χ3v) is 5.59. The van der Waals surface area contributed by atoms with Crippen molar-refractivity contribution >= 4 is 22.6 Å². The molecule has 3 aliphatic rings. The van der Waals surface area contributed by atoms with E-state index in [4.69, 9.17) is 14.5 Å². The molecule has 1 aromatic heterocycles. The second kappa shape index (κ2) is 5.16. The normalized spacial score (nSPS) is 23.0. The molecule has 0 N–H and O–H groups in total. The molecular weight excluding hydrogens is 310 g/mol. The van der Waals surface area contributed by atoms with Crippen molar-refractivity contribution in [2.75, 3.05) is 12.5 Å². The first-order chi connectivity index (χ1) is 11.4. The molecule has 1 fully saturated rings. The Labute approximate surface area is 138 Å². The lowest BCUT2D eigenvalue weighted by molar-refractivity contribution is 0.174. The molecule has 1 atom stereocenters. The third-order valence-electron chi connectivity index (χ3n) is 4.45. The summed E-state index contributed by atoms with van der Waals surface area (Å²) in [5, 5.41) is 1.09. The van der Waals surface area contributed by atoms with Gasteiger partial charge in [-0.3, -0.25) is 4.98 Å². The highest BCUT2D eigenvalue weighted by atomic mass is 32.2.